The number of ketones is 1. The number of carbonyl (C=O) groups excluding carboxylic acids is 1. The first-order valence-electron chi connectivity index (χ1n) is 8.98. The first-order chi connectivity index (χ1) is 14.7. The van der Waals surface area contributed by atoms with E-state index in [1.54, 1.807) is 24.3 Å². The average Bonchev–Trinajstić information content (AvgIpc) is 2.75. The highest BCUT2D eigenvalue weighted by Crippen LogP contribution is 2.26. The molecule has 0 aliphatic carbocycles. The standard InChI is InChI=1S/C22H18Cl2N2O4S/c1-14(9-15-7-8-19(23)20(24)10-15)22(27)18-5-3-4-6-21(18)31(28,29)26-16-11-17(30-2)13-25-12-16/h3-8,10-13,26H,1,9H2,2H3. The second-order valence-electron chi connectivity index (χ2n) is 6.57. The molecule has 1 N–H and O–H groups in total. The molecule has 0 atom stereocenters. The van der Waals surface area contributed by atoms with Crippen LogP contribution in [0.3, 0.4) is 0 Å². The lowest BCUT2D eigenvalue weighted by Crippen LogP contribution is -2.18. The number of sulfonamides is 1. The number of aromatic nitrogens is 1. The summed E-state index contributed by atoms with van der Waals surface area (Å²) in [5.74, 6) is -0.102. The number of ether oxygens (including phenoxy) is 1. The lowest BCUT2D eigenvalue weighted by atomic mass is 9.98. The molecule has 0 aliphatic rings. The zero-order valence-corrected chi connectivity index (χ0v) is 18.8. The van der Waals surface area contributed by atoms with E-state index in [9.17, 15) is 13.2 Å². The van der Waals surface area contributed by atoms with Crippen molar-refractivity contribution in [2.45, 2.75) is 11.3 Å². The minimum absolute atomic E-state index is 0.0101. The highest BCUT2D eigenvalue weighted by molar-refractivity contribution is 7.92. The Labute approximate surface area is 190 Å². The molecule has 160 valence electrons. The SMILES string of the molecule is C=C(Cc1ccc(Cl)c(Cl)c1)C(=O)c1ccccc1S(=O)(=O)Nc1cncc(OC)c1. The molecule has 1 aromatic heterocycles. The summed E-state index contributed by atoms with van der Waals surface area (Å²) in [5, 5.41) is 0.760. The molecule has 0 fully saturated rings. The maximum atomic E-state index is 13.0. The average molecular weight is 477 g/mol. The molecule has 31 heavy (non-hydrogen) atoms. The van der Waals surface area contributed by atoms with Gasteiger partial charge < -0.3 is 4.74 Å². The monoisotopic (exact) mass is 476 g/mol. The van der Waals surface area contributed by atoms with Crippen molar-refractivity contribution in [2.24, 2.45) is 0 Å². The molecule has 0 unspecified atom stereocenters. The van der Waals surface area contributed by atoms with Gasteiger partial charge >= 0.3 is 0 Å². The zero-order valence-electron chi connectivity index (χ0n) is 16.4. The number of benzene rings is 2. The van der Waals surface area contributed by atoms with Gasteiger partial charge in [0.25, 0.3) is 10.0 Å². The molecule has 0 aliphatic heterocycles. The van der Waals surface area contributed by atoms with E-state index in [1.807, 2.05) is 0 Å². The molecule has 0 amide bonds. The van der Waals surface area contributed by atoms with Crippen LogP contribution in [0.1, 0.15) is 15.9 Å². The van der Waals surface area contributed by atoms with E-state index in [2.05, 4.69) is 16.3 Å². The number of rotatable bonds is 8. The van der Waals surface area contributed by atoms with Crippen molar-refractivity contribution in [2.75, 3.05) is 11.8 Å². The fourth-order valence-corrected chi connectivity index (χ4v) is 4.41. The minimum Gasteiger partial charge on any atom is -0.495 e. The number of nitrogens with one attached hydrogen (secondary N) is 1. The maximum Gasteiger partial charge on any atom is 0.262 e. The van der Waals surface area contributed by atoms with Crippen LogP contribution in [-0.4, -0.2) is 26.3 Å². The van der Waals surface area contributed by atoms with Crippen LogP contribution in [-0.2, 0) is 16.4 Å². The fraction of sp³-hybridized carbons (Fsp3) is 0.0909. The Morgan fingerprint density at radius 3 is 2.55 bits per heavy atom. The van der Waals surface area contributed by atoms with Crippen molar-refractivity contribution >= 4 is 44.7 Å². The molecule has 0 bridgehead atoms. The first-order valence-corrected chi connectivity index (χ1v) is 11.2. The van der Waals surface area contributed by atoms with Gasteiger partial charge in [0.05, 0.1) is 40.1 Å². The van der Waals surface area contributed by atoms with E-state index >= 15 is 0 Å². The third-order valence-electron chi connectivity index (χ3n) is 4.34. The van der Waals surface area contributed by atoms with Crippen molar-refractivity contribution in [3.05, 3.63) is 94.2 Å². The maximum absolute atomic E-state index is 13.0. The Balaban J connectivity index is 1.88. The minimum atomic E-state index is -4.08. The third-order valence-corrected chi connectivity index (χ3v) is 6.52. The number of hydrogen-bond donors (Lipinski definition) is 1. The van der Waals surface area contributed by atoms with Gasteiger partial charge in [0.2, 0.25) is 0 Å². The summed E-state index contributed by atoms with van der Waals surface area (Å²) in [6.07, 6.45) is 2.98. The predicted molar refractivity (Wildman–Crippen MR) is 122 cm³/mol. The summed E-state index contributed by atoms with van der Waals surface area (Å²) < 4.78 is 33.5. The van der Waals surface area contributed by atoms with Gasteiger partial charge in [-0.2, -0.15) is 0 Å². The van der Waals surface area contributed by atoms with Gasteiger partial charge in [-0.25, -0.2) is 8.42 Å². The van der Waals surface area contributed by atoms with E-state index in [4.69, 9.17) is 27.9 Å². The van der Waals surface area contributed by atoms with E-state index in [0.29, 0.717) is 15.8 Å². The number of carbonyl (C=O) groups is 1. The van der Waals surface area contributed by atoms with Crippen LogP contribution in [0.25, 0.3) is 0 Å². The van der Waals surface area contributed by atoms with E-state index in [0.717, 1.165) is 5.56 Å². The van der Waals surface area contributed by atoms with Crippen LogP contribution in [0.2, 0.25) is 10.0 Å². The zero-order chi connectivity index (χ0) is 22.6. The third kappa shape index (κ3) is 5.44. The van der Waals surface area contributed by atoms with Gasteiger partial charge in [-0.3, -0.25) is 14.5 Å². The number of pyridine rings is 1. The number of allylic oxidation sites excluding steroid dienone is 1. The molecule has 0 spiro atoms. The molecule has 3 aromatic rings. The first kappa shape index (κ1) is 22.8. The van der Waals surface area contributed by atoms with Crippen molar-refractivity contribution in [1.82, 2.24) is 4.98 Å². The number of methoxy groups -OCH3 is 1. The summed E-state index contributed by atoms with van der Waals surface area (Å²) in [6, 6.07) is 12.4. The van der Waals surface area contributed by atoms with Crippen LogP contribution < -0.4 is 9.46 Å². The van der Waals surface area contributed by atoms with Crippen LogP contribution in [0, 0.1) is 0 Å². The number of anilines is 1. The smallest absolute Gasteiger partial charge is 0.262 e. The Hall–Kier alpha value is -2.87. The lowest BCUT2D eigenvalue weighted by Gasteiger charge is -2.13. The Kier molecular flexibility index (Phi) is 7.00. The quantitative estimate of drug-likeness (QED) is 0.357. The Morgan fingerprint density at radius 2 is 1.84 bits per heavy atom. The van der Waals surface area contributed by atoms with Gasteiger partial charge in [0.1, 0.15) is 5.75 Å². The largest absolute Gasteiger partial charge is 0.495 e. The fourth-order valence-electron chi connectivity index (χ4n) is 2.85. The van der Waals surface area contributed by atoms with E-state index in [1.165, 1.54) is 43.8 Å². The second-order valence-corrected chi connectivity index (χ2v) is 9.04. The second kappa shape index (κ2) is 9.51. The molecule has 0 saturated heterocycles. The Bertz CT molecular complexity index is 1260. The number of hydrogen-bond acceptors (Lipinski definition) is 5. The van der Waals surface area contributed by atoms with Crippen LogP contribution in [0.5, 0.6) is 5.75 Å². The van der Waals surface area contributed by atoms with Gasteiger partial charge in [-0.15, -0.1) is 0 Å². The van der Waals surface area contributed by atoms with E-state index < -0.39 is 15.8 Å². The molecular formula is C22H18Cl2N2O4S. The van der Waals surface area contributed by atoms with Crippen molar-refractivity contribution < 1.29 is 17.9 Å². The van der Waals surface area contributed by atoms with E-state index in [-0.39, 0.29) is 28.1 Å². The van der Waals surface area contributed by atoms with Crippen molar-refractivity contribution in [1.29, 1.82) is 0 Å². The van der Waals surface area contributed by atoms with Gasteiger partial charge in [-0.05, 0) is 35.4 Å². The topological polar surface area (TPSA) is 85.4 Å². The predicted octanol–water partition coefficient (Wildman–Crippen LogP) is 5.18. The molecule has 6 nitrogen and oxygen atoms in total. The number of nitrogens with zero attached hydrogens (tertiary/aromatic N) is 1. The highest BCUT2D eigenvalue weighted by atomic mass is 35.5. The van der Waals surface area contributed by atoms with Gasteiger partial charge in [-0.1, -0.05) is 48.0 Å². The summed E-state index contributed by atoms with van der Waals surface area (Å²) >= 11 is 12.0. The molecule has 1 heterocycles. The highest BCUT2D eigenvalue weighted by Gasteiger charge is 2.24. The normalized spacial score (nSPS) is 11.1. The van der Waals surface area contributed by atoms with Crippen molar-refractivity contribution in [3.8, 4) is 5.75 Å². The van der Waals surface area contributed by atoms with Gasteiger partial charge in [0, 0.05) is 18.1 Å². The summed E-state index contributed by atoms with van der Waals surface area (Å²) in [4.78, 5) is 16.8. The van der Waals surface area contributed by atoms with Gasteiger partial charge in [0.15, 0.2) is 5.78 Å². The summed E-state index contributed by atoms with van der Waals surface area (Å²) in [5.41, 5.74) is 1.16. The lowest BCUT2D eigenvalue weighted by molar-refractivity contribution is 0.102. The van der Waals surface area contributed by atoms with Crippen LogP contribution >= 0.6 is 23.2 Å². The molecule has 0 radical (unpaired) electrons. The molecule has 0 saturated carbocycles. The van der Waals surface area contributed by atoms with Crippen LogP contribution in [0.15, 0.2) is 78.0 Å². The molecule has 3 rings (SSSR count). The molecule has 9 heteroatoms. The number of Topliss-reactive ketones (excluding diaryl/α,β-unsaturated/α-hetero) is 1. The molecular weight excluding hydrogens is 459 g/mol. The Morgan fingerprint density at radius 1 is 1.10 bits per heavy atom. The van der Waals surface area contributed by atoms with Crippen LogP contribution in [0.4, 0.5) is 5.69 Å². The molecule has 2 aromatic carbocycles. The summed E-state index contributed by atoms with van der Waals surface area (Å²) in [6.45, 7) is 3.84. The number of halogens is 2. The van der Waals surface area contributed by atoms with Crippen molar-refractivity contribution in [3.63, 3.8) is 0 Å². The summed E-state index contributed by atoms with van der Waals surface area (Å²) in [7, 11) is -2.63.